The first kappa shape index (κ1) is 14.4. The summed E-state index contributed by atoms with van der Waals surface area (Å²) in [5.74, 6) is 0.745. The number of aliphatic hydroxyl groups is 1. The third-order valence-electron chi connectivity index (χ3n) is 2.44. The molecular weight excluding hydrogens is 234 g/mol. The highest BCUT2D eigenvalue weighted by molar-refractivity contribution is 5.74. The van der Waals surface area contributed by atoms with E-state index in [1.807, 2.05) is 6.92 Å². The van der Waals surface area contributed by atoms with Crippen LogP contribution in [-0.4, -0.2) is 39.1 Å². The number of carbonyl (C=O) groups excluding carboxylic acids is 1. The minimum atomic E-state index is -0.262. The molecule has 7 nitrogen and oxygen atoms in total. The van der Waals surface area contributed by atoms with E-state index < -0.39 is 0 Å². The van der Waals surface area contributed by atoms with E-state index in [-0.39, 0.29) is 18.7 Å². The summed E-state index contributed by atoms with van der Waals surface area (Å²) in [6.07, 6.45) is 3.01. The van der Waals surface area contributed by atoms with E-state index in [1.54, 1.807) is 4.68 Å². The summed E-state index contributed by atoms with van der Waals surface area (Å²) in [6.45, 7) is 5.23. The highest BCUT2D eigenvalue weighted by Gasteiger charge is 2.14. The standard InChI is InChI=1S/C11H21N5O2/c1-3-6-16-10(13-8-14-16)9(2)15-11(18)12-5-4-7-17/h8-9,17H,3-7H2,1-2H3,(H2,12,15,18)/t9-/m1/s1. The van der Waals surface area contributed by atoms with E-state index >= 15 is 0 Å². The Kier molecular flexibility index (Phi) is 6.13. The molecule has 1 atom stereocenters. The Morgan fingerprint density at radius 1 is 1.61 bits per heavy atom. The van der Waals surface area contributed by atoms with Crippen LogP contribution in [0.3, 0.4) is 0 Å². The van der Waals surface area contributed by atoms with Gasteiger partial charge < -0.3 is 15.7 Å². The lowest BCUT2D eigenvalue weighted by Crippen LogP contribution is -2.38. The van der Waals surface area contributed by atoms with Crippen LogP contribution in [0.1, 0.15) is 38.6 Å². The number of hydrogen-bond acceptors (Lipinski definition) is 4. The summed E-state index contributed by atoms with van der Waals surface area (Å²) in [7, 11) is 0. The Labute approximate surface area is 107 Å². The Bertz CT molecular complexity index is 366. The second kappa shape index (κ2) is 7.65. The molecular formula is C11H21N5O2. The molecule has 0 spiro atoms. The minimum absolute atomic E-state index is 0.0701. The normalized spacial score (nSPS) is 12.2. The van der Waals surface area contributed by atoms with Gasteiger partial charge in [0.25, 0.3) is 0 Å². The molecule has 1 rings (SSSR count). The predicted molar refractivity (Wildman–Crippen MR) is 67.0 cm³/mol. The summed E-state index contributed by atoms with van der Waals surface area (Å²) in [5, 5.41) is 18.2. The summed E-state index contributed by atoms with van der Waals surface area (Å²) in [5.41, 5.74) is 0. The van der Waals surface area contributed by atoms with Gasteiger partial charge in [-0.3, -0.25) is 0 Å². The monoisotopic (exact) mass is 255 g/mol. The zero-order valence-electron chi connectivity index (χ0n) is 10.9. The molecule has 0 aliphatic heterocycles. The Hall–Kier alpha value is -1.63. The van der Waals surface area contributed by atoms with E-state index in [0.29, 0.717) is 13.0 Å². The lowest BCUT2D eigenvalue weighted by atomic mass is 10.3. The fourth-order valence-corrected chi connectivity index (χ4v) is 1.59. The van der Waals surface area contributed by atoms with Crippen LogP contribution in [0.2, 0.25) is 0 Å². The van der Waals surface area contributed by atoms with Crippen molar-refractivity contribution in [2.24, 2.45) is 0 Å². The number of aromatic nitrogens is 3. The molecule has 0 aromatic carbocycles. The fraction of sp³-hybridized carbons (Fsp3) is 0.727. The zero-order chi connectivity index (χ0) is 13.4. The highest BCUT2D eigenvalue weighted by Crippen LogP contribution is 2.08. The smallest absolute Gasteiger partial charge is 0.315 e. The first-order valence-corrected chi connectivity index (χ1v) is 6.22. The lowest BCUT2D eigenvalue weighted by Gasteiger charge is -2.14. The number of rotatable bonds is 7. The van der Waals surface area contributed by atoms with Crippen LogP contribution in [0.15, 0.2) is 6.33 Å². The van der Waals surface area contributed by atoms with Gasteiger partial charge in [-0.1, -0.05) is 6.92 Å². The summed E-state index contributed by atoms with van der Waals surface area (Å²) < 4.78 is 1.79. The fourth-order valence-electron chi connectivity index (χ4n) is 1.59. The molecule has 0 aliphatic rings. The lowest BCUT2D eigenvalue weighted by molar-refractivity contribution is 0.234. The van der Waals surface area contributed by atoms with Crippen LogP contribution in [0.5, 0.6) is 0 Å². The maximum atomic E-state index is 11.5. The van der Waals surface area contributed by atoms with E-state index in [2.05, 4.69) is 27.6 Å². The van der Waals surface area contributed by atoms with Crippen LogP contribution in [0.25, 0.3) is 0 Å². The molecule has 0 saturated carbocycles. The molecule has 1 aromatic rings. The maximum Gasteiger partial charge on any atom is 0.315 e. The van der Waals surface area contributed by atoms with Gasteiger partial charge in [-0.2, -0.15) is 5.10 Å². The number of aliphatic hydroxyl groups excluding tert-OH is 1. The number of nitrogens with one attached hydrogen (secondary N) is 2. The van der Waals surface area contributed by atoms with E-state index in [9.17, 15) is 4.79 Å². The van der Waals surface area contributed by atoms with Gasteiger partial charge in [0.1, 0.15) is 12.2 Å². The summed E-state index contributed by atoms with van der Waals surface area (Å²) in [6, 6.07) is -0.463. The number of amides is 2. The van der Waals surface area contributed by atoms with Gasteiger partial charge in [-0.15, -0.1) is 0 Å². The molecule has 0 fully saturated rings. The molecule has 0 bridgehead atoms. The van der Waals surface area contributed by atoms with Crippen molar-refractivity contribution >= 4 is 6.03 Å². The number of hydrogen-bond donors (Lipinski definition) is 3. The Balaban J connectivity index is 2.46. The molecule has 3 N–H and O–H groups in total. The molecule has 0 saturated heterocycles. The number of aryl methyl sites for hydroxylation is 1. The van der Waals surface area contributed by atoms with Gasteiger partial charge in [-0.05, 0) is 19.8 Å². The molecule has 0 radical (unpaired) electrons. The second-order valence-corrected chi connectivity index (χ2v) is 4.04. The predicted octanol–water partition coefficient (Wildman–Crippen LogP) is 0.431. The van der Waals surface area contributed by atoms with Crippen LogP contribution in [0, 0.1) is 0 Å². The van der Waals surface area contributed by atoms with Crippen molar-refractivity contribution in [2.45, 2.75) is 39.3 Å². The van der Waals surface area contributed by atoms with Crippen molar-refractivity contribution in [2.75, 3.05) is 13.2 Å². The zero-order valence-corrected chi connectivity index (χ0v) is 10.9. The topological polar surface area (TPSA) is 92.1 Å². The molecule has 18 heavy (non-hydrogen) atoms. The van der Waals surface area contributed by atoms with E-state index in [4.69, 9.17) is 5.11 Å². The van der Waals surface area contributed by atoms with Crippen LogP contribution in [-0.2, 0) is 6.54 Å². The first-order chi connectivity index (χ1) is 8.69. The molecule has 0 aliphatic carbocycles. The first-order valence-electron chi connectivity index (χ1n) is 6.22. The van der Waals surface area contributed by atoms with Gasteiger partial charge in [0, 0.05) is 19.7 Å². The van der Waals surface area contributed by atoms with Crippen LogP contribution < -0.4 is 10.6 Å². The Morgan fingerprint density at radius 2 is 2.39 bits per heavy atom. The van der Waals surface area contributed by atoms with Gasteiger partial charge >= 0.3 is 6.03 Å². The molecule has 0 unspecified atom stereocenters. The van der Waals surface area contributed by atoms with Crippen molar-refractivity contribution in [1.82, 2.24) is 25.4 Å². The van der Waals surface area contributed by atoms with Crippen molar-refractivity contribution < 1.29 is 9.90 Å². The Morgan fingerprint density at radius 3 is 3.06 bits per heavy atom. The van der Waals surface area contributed by atoms with Crippen molar-refractivity contribution in [3.8, 4) is 0 Å². The van der Waals surface area contributed by atoms with Crippen molar-refractivity contribution in [3.63, 3.8) is 0 Å². The molecule has 1 heterocycles. The van der Waals surface area contributed by atoms with Gasteiger partial charge in [0.05, 0.1) is 6.04 Å². The highest BCUT2D eigenvalue weighted by atomic mass is 16.3. The van der Waals surface area contributed by atoms with Gasteiger partial charge in [0.2, 0.25) is 0 Å². The quantitative estimate of drug-likeness (QED) is 0.616. The average Bonchev–Trinajstić information content (AvgIpc) is 2.78. The minimum Gasteiger partial charge on any atom is -0.396 e. The average molecular weight is 255 g/mol. The number of carbonyl (C=O) groups is 1. The second-order valence-electron chi connectivity index (χ2n) is 4.04. The van der Waals surface area contributed by atoms with Crippen molar-refractivity contribution in [1.29, 1.82) is 0 Å². The van der Waals surface area contributed by atoms with Crippen LogP contribution >= 0.6 is 0 Å². The van der Waals surface area contributed by atoms with Crippen LogP contribution in [0.4, 0.5) is 4.79 Å². The summed E-state index contributed by atoms with van der Waals surface area (Å²) in [4.78, 5) is 15.7. The van der Waals surface area contributed by atoms with E-state index in [0.717, 1.165) is 18.8 Å². The van der Waals surface area contributed by atoms with Gasteiger partial charge in [0.15, 0.2) is 0 Å². The molecule has 1 aromatic heterocycles. The third kappa shape index (κ3) is 4.33. The number of nitrogens with zero attached hydrogens (tertiary/aromatic N) is 3. The van der Waals surface area contributed by atoms with E-state index in [1.165, 1.54) is 6.33 Å². The van der Waals surface area contributed by atoms with Crippen molar-refractivity contribution in [3.05, 3.63) is 12.2 Å². The van der Waals surface area contributed by atoms with Gasteiger partial charge in [-0.25, -0.2) is 14.5 Å². The molecule has 102 valence electrons. The largest absolute Gasteiger partial charge is 0.396 e. The summed E-state index contributed by atoms with van der Waals surface area (Å²) >= 11 is 0. The maximum absolute atomic E-state index is 11.5. The third-order valence-corrected chi connectivity index (χ3v) is 2.44. The molecule has 2 amide bonds. The SMILES string of the molecule is CCCn1ncnc1[C@@H](C)NC(=O)NCCCO. The molecule has 7 heteroatoms. The number of urea groups is 1.